The predicted molar refractivity (Wildman–Crippen MR) is 77.3 cm³/mol. The van der Waals surface area contributed by atoms with Gasteiger partial charge in [0.15, 0.2) is 6.61 Å². The van der Waals surface area contributed by atoms with Crippen LogP contribution >= 0.6 is 0 Å². The third-order valence-corrected chi connectivity index (χ3v) is 3.32. The first-order valence-corrected chi connectivity index (χ1v) is 6.83. The van der Waals surface area contributed by atoms with Crippen molar-refractivity contribution in [2.45, 2.75) is 12.8 Å². The second-order valence-corrected chi connectivity index (χ2v) is 4.76. The summed E-state index contributed by atoms with van der Waals surface area (Å²) in [6.07, 6.45) is 0. The molecule has 1 aliphatic rings. The smallest absolute Gasteiger partial charge is 0.287 e. The highest BCUT2D eigenvalue weighted by atomic mass is 16.7. The van der Waals surface area contributed by atoms with E-state index in [1.54, 1.807) is 6.92 Å². The maximum Gasteiger partial charge on any atom is 0.287 e. The van der Waals surface area contributed by atoms with Crippen molar-refractivity contribution in [3.8, 4) is 0 Å². The number of benzene rings is 1. The summed E-state index contributed by atoms with van der Waals surface area (Å²) in [6, 6.07) is 5.27. The van der Waals surface area contributed by atoms with E-state index in [1.807, 2.05) is 0 Å². The molecule has 0 radical (unpaired) electrons. The number of Topliss-reactive ketones (excluding diaryl/α,β-unsaturated/α-hetero) is 1. The molecule has 1 heterocycles. The molecule has 0 aromatic heterocycles. The number of nitro benzene ring substituents is 1. The van der Waals surface area contributed by atoms with Crippen LogP contribution in [0.2, 0.25) is 0 Å². The lowest BCUT2D eigenvalue weighted by molar-refractivity contribution is -0.481. The third-order valence-electron chi connectivity index (χ3n) is 3.32. The van der Waals surface area contributed by atoms with E-state index in [-0.39, 0.29) is 30.4 Å². The second-order valence-electron chi connectivity index (χ2n) is 4.76. The Morgan fingerprint density at radius 2 is 1.91 bits per heavy atom. The van der Waals surface area contributed by atoms with E-state index >= 15 is 0 Å². The molecule has 1 aromatic rings. The predicted octanol–water partition coefficient (Wildman–Crippen LogP) is 1.80. The first-order chi connectivity index (χ1) is 10.9. The van der Waals surface area contributed by atoms with Crippen LogP contribution in [0.3, 0.4) is 0 Å². The fourth-order valence-electron chi connectivity index (χ4n) is 2.33. The molecule has 0 bridgehead atoms. The van der Waals surface area contributed by atoms with E-state index in [2.05, 4.69) is 0 Å². The highest BCUT2D eigenvalue weighted by molar-refractivity contribution is 5.99. The molecule has 1 aliphatic heterocycles. The largest absolute Gasteiger partial charge is 0.465 e. The normalized spacial score (nSPS) is 15.3. The number of rotatable bonds is 7. The summed E-state index contributed by atoms with van der Waals surface area (Å²) in [5, 5.41) is 21.7. The van der Waals surface area contributed by atoms with Crippen LogP contribution in [-0.4, -0.2) is 35.4 Å². The molecular formula is C14H14N2O7. The summed E-state index contributed by atoms with van der Waals surface area (Å²) in [7, 11) is 0. The standard InChI is InChI=1S/C14H14N2O7/c1-2-22-14-13(12(17)8-23-14)11(7-15(18)19)9-3-5-10(6-4-9)16(20)21/h3-6,11H,2,7-8H2,1H3/t11-/m1/s1. The highest BCUT2D eigenvalue weighted by Crippen LogP contribution is 2.33. The van der Waals surface area contributed by atoms with E-state index in [1.165, 1.54) is 24.3 Å². The number of non-ortho nitro benzene ring substituents is 1. The van der Waals surface area contributed by atoms with Crippen molar-refractivity contribution in [3.63, 3.8) is 0 Å². The Hall–Kier alpha value is -2.97. The molecule has 0 unspecified atom stereocenters. The zero-order chi connectivity index (χ0) is 17.0. The monoisotopic (exact) mass is 322 g/mol. The molecule has 122 valence electrons. The van der Waals surface area contributed by atoms with Crippen molar-refractivity contribution in [2.24, 2.45) is 0 Å². The number of ether oxygens (including phenoxy) is 2. The van der Waals surface area contributed by atoms with Gasteiger partial charge < -0.3 is 9.47 Å². The van der Waals surface area contributed by atoms with E-state index in [0.29, 0.717) is 5.56 Å². The van der Waals surface area contributed by atoms with Crippen LogP contribution in [0.1, 0.15) is 18.4 Å². The van der Waals surface area contributed by atoms with E-state index < -0.39 is 28.1 Å². The van der Waals surface area contributed by atoms with Crippen LogP contribution in [0.25, 0.3) is 0 Å². The van der Waals surface area contributed by atoms with Gasteiger partial charge in [0.1, 0.15) is 0 Å². The Morgan fingerprint density at radius 3 is 2.43 bits per heavy atom. The van der Waals surface area contributed by atoms with Crippen LogP contribution in [-0.2, 0) is 14.3 Å². The summed E-state index contributed by atoms with van der Waals surface area (Å²) in [6.45, 7) is 1.17. The number of hydrogen-bond acceptors (Lipinski definition) is 7. The van der Waals surface area contributed by atoms with E-state index in [9.17, 15) is 25.0 Å². The average molecular weight is 322 g/mol. The third kappa shape index (κ3) is 3.62. The molecule has 0 fully saturated rings. The summed E-state index contributed by atoms with van der Waals surface area (Å²) < 4.78 is 10.4. The molecule has 0 N–H and O–H groups in total. The molecule has 0 saturated carbocycles. The minimum Gasteiger partial charge on any atom is -0.465 e. The van der Waals surface area contributed by atoms with Crippen LogP contribution in [0.15, 0.2) is 35.8 Å². The highest BCUT2D eigenvalue weighted by Gasteiger charge is 2.37. The Kier molecular flexibility index (Phi) is 4.89. The average Bonchev–Trinajstić information content (AvgIpc) is 2.86. The van der Waals surface area contributed by atoms with Gasteiger partial charge in [0.05, 0.1) is 23.0 Å². The lowest BCUT2D eigenvalue weighted by atomic mass is 9.89. The zero-order valence-electron chi connectivity index (χ0n) is 12.3. The Bertz CT molecular complexity index is 666. The van der Waals surface area contributed by atoms with E-state index in [0.717, 1.165) is 0 Å². The van der Waals surface area contributed by atoms with Crippen LogP contribution in [0, 0.1) is 20.2 Å². The Morgan fingerprint density at radius 1 is 1.26 bits per heavy atom. The van der Waals surface area contributed by atoms with Crippen LogP contribution in [0.5, 0.6) is 0 Å². The first-order valence-electron chi connectivity index (χ1n) is 6.83. The molecule has 0 aliphatic carbocycles. The number of hydrogen-bond donors (Lipinski definition) is 0. The van der Waals surface area contributed by atoms with Crippen molar-refractivity contribution in [1.29, 1.82) is 0 Å². The number of carbonyl (C=O) groups is 1. The molecule has 0 saturated heterocycles. The van der Waals surface area contributed by atoms with Crippen LogP contribution in [0.4, 0.5) is 5.69 Å². The maximum absolute atomic E-state index is 12.0. The molecule has 1 atom stereocenters. The minimum atomic E-state index is -0.887. The molecule has 2 rings (SSSR count). The quantitative estimate of drug-likeness (QED) is 0.554. The first kappa shape index (κ1) is 16.4. The molecule has 1 aromatic carbocycles. The zero-order valence-corrected chi connectivity index (χ0v) is 12.3. The molecule has 9 nitrogen and oxygen atoms in total. The van der Waals surface area contributed by atoms with Gasteiger partial charge in [-0.2, -0.15) is 0 Å². The number of ketones is 1. The Balaban J connectivity index is 2.44. The summed E-state index contributed by atoms with van der Waals surface area (Å²) >= 11 is 0. The molecule has 0 spiro atoms. The van der Waals surface area contributed by atoms with Crippen molar-refractivity contribution in [1.82, 2.24) is 0 Å². The number of nitrogens with zero attached hydrogens (tertiary/aromatic N) is 2. The molecule has 0 amide bonds. The number of carbonyl (C=O) groups excluding carboxylic acids is 1. The fraction of sp³-hybridized carbons (Fsp3) is 0.357. The van der Waals surface area contributed by atoms with Crippen molar-refractivity contribution < 1.29 is 24.1 Å². The lowest BCUT2D eigenvalue weighted by Gasteiger charge is -2.14. The number of nitro groups is 2. The van der Waals surface area contributed by atoms with Gasteiger partial charge in [0.2, 0.25) is 12.3 Å². The summed E-state index contributed by atoms with van der Waals surface area (Å²) in [5.74, 6) is -1.29. The van der Waals surface area contributed by atoms with Gasteiger partial charge >= 0.3 is 0 Å². The SMILES string of the molecule is CCOC1=C([C@H](C[N+](=O)[O-])c2ccc([N+](=O)[O-])cc2)C(=O)CO1. The summed E-state index contributed by atoms with van der Waals surface area (Å²) in [5.41, 5.74) is 0.373. The van der Waals surface area contributed by atoms with Gasteiger partial charge in [0.25, 0.3) is 11.6 Å². The molecular weight excluding hydrogens is 308 g/mol. The van der Waals surface area contributed by atoms with Gasteiger partial charge in [-0.05, 0) is 12.5 Å². The van der Waals surface area contributed by atoms with Gasteiger partial charge in [-0.25, -0.2) is 0 Å². The second kappa shape index (κ2) is 6.86. The molecule has 23 heavy (non-hydrogen) atoms. The van der Waals surface area contributed by atoms with Crippen molar-refractivity contribution in [3.05, 3.63) is 61.6 Å². The lowest BCUT2D eigenvalue weighted by Crippen LogP contribution is -2.19. The van der Waals surface area contributed by atoms with Gasteiger partial charge in [0, 0.05) is 17.1 Å². The van der Waals surface area contributed by atoms with Gasteiger partial charge in [-0.1, -0.05) is 12.1 Å². The topological polar surface area (TPSA) is 122 Å². The summed E-state index contributed by atoms with van der Waals surface area (Å²) in [4.78, 5) is 32.6. The Labute approximate surface area is 130 Å². The van der Waals surface area contributed by atoms with Gasteiger partial charge in [-0.3, -0.25) is 25.0 Å². The maximum atomic E-state index is 12.0. The fourth-order valence-corrected chi connectivity index (χ4v) is 2.33. The van der Waals surface area contributed by atoms with Crippen LogP contribution < -0.4 is 0 Å². The van der Waals surface area contributed by atoms with E-state index in [4.69, 9.17) is 9.47 Å². The molecule has 9 heteroatoms. The van der Waals surface area contributed by atoms with Crippen molar-refractivity contribution in [2.75, 3.05) is 19.8 Å². The van der Waals surface area contributed by atoms with Gasteiger partial charge in [-0.15, -0.1) is 0 Å². The minimum absolute atomic E-state index is 0.0114. The van der Waals surface area contributed by atoms with Crippen molar-refractivity contribution >= 4 is 11.5 Å².